The maximum absolute atomic E-state index is 12.6. The summed E-state index contributed by atoms with van der Waals surface area (Å²) in [6.45, 7) is 4.40. The van der Waals surface area contributed by atoms with Crippen LogP contribution < -0.4 is 10.1 Å². The quantitative estimate of drug-likeness (QED) is 0.897. The average molecular weight is 274 g/mol. The third kappa shape index (κ3) is 2.89. The zero-order valence-electron chi connectivity index (χ0n) is 12.0. The van der Waals surface area contributed by atoms with Gasteiger partial charge in [0.15, 0.2) is 6.10 Å². The van der Waals surface area contributed by atoms with E-state index in [-0.39, 0.29) is 5.91 Å². The van der Waals surface area contributed by atoms with Gasteiger partial charge >= 0.3 is 0 Å². The number of carbonyl (C=O) groups is 1. The van der Waals surface area contributed by atoms with E-state index >= 15 is 0 Å². The van der Waals surface area contributed by atoms with Gasteiger partial charge in [0.1, 0.15) is 5.75 Å². The number of para-hydroxylation sites is 2. The van der Waals surface area contributed by atoms with Gasteiger partial charge in [0.2, 0.25) is 0 Å². The zero-order valence-corrected chi connectivity index (χ0v) is 12.0. The Hall–Kier alpha value is -1.71. The van der Waals surface area contributed by atoms with Gasteiger partial charge in [-0.2, -0.15) is 0 Å². The summed E-state index contributed by atoms with van der Waals surface area (Å²) < 4.78 is 5.87. The van der Waals surface area contributed by atoms with Gasteiger partial charge in [0.25, 0.3) is 5.91 Å². The van der Waals surface area contributed by atoms with Crippen LogP contribution >= 0.6 is 0 Å². The Kier molecular flexibility index (Phi) is 3.81. The fourth-order valence-corrected chi connectivity index (χ4v) is 2.63. The third-order valence-electron chi connectivity index (χ3n) is 3.89. The molecule has 0 radical (unpaired) electrons. The number of hydrogen-bond donors (Lipinski definition) is 1. The molecule has 1 fully saturated rings. The lowest BCUT2D eigenvalue weighted by molar-refractivity contribution is -0.138. The number of benzene rings is 1. The van der Waals surface area contributed by atoms with Crippen LogP contribution in [0.4, 0.5) is 5.69 Å². The molecule has 1 N–H and O–H groups in total. The summed E-state index contributed by atoms with van der Waals surface area (Å²) in [4.78, 5) is 14.6. The predicted octanol–water partition coefficient (Wildman–Crippen LogP) is 2.51. The summed E-state index contributed by atoms with van der Waals surface area (Å²) in [7, 11) is 0. The highest BCUT2D eigenvalue weighted by atomic mass is 16.5. The van der Waals surface area contributed by atoms with Crippen molar-refractivity contribution in [3.8, 4) is 5.75 Å². The van der Waals surface area contributed by atoms with Crippen LogP contribution in [0.5, 0.6) is 5.75 Å². The molecule has 0 bridgehead atoms. The minimum absolute atomic E-state index is 0.126. The van der Waals surface area contributed by atoms with Gasteiger partial charge in [0.05, 0.1) is 12.2 Å². The lowest BCUT2D eigenvalue weighted by Crippen LogP contribution is -2.47. The summed E-state index contributed by atoms with van der Waals surface area (Å²) in [6, 6.07) is 7.78. The van der Waals surface area contributed by atoms with Crippen molar-refractivity contribution in [2.24, 2.45) is 5.92 Å². The van der Waals surface area contributed by atoms with Crippen molar-refractivity contribution >= 4 is 11.6 Å². The molecule has 20 heavy (non-hydrogen) atoms. The molecule has 1 amide bonds. The van der Waals surface area contributed by atoms with E-state index < -0.39 is 6.10 Å². The van der Waals surface area contributed by atoms with Crippen molar-refractivity contribution in [3.05, 3.63) is 24.3 Å². The van der Waals surface area contributed by atoms with E-state index in [1.165, 1.54) is 12.8 Å². The molecule has 4 heteroatoms. The molecule has 1 aliphatic carbocycles. The predicted molar refractivity (Wildman–Crippen MR) is 78.9 cm³/mol. The van der Waals surface area contributed by atoms with Crippen molar-refractivity contribution in [1.29, 1.82) is 0 Å². The van der Waals surface area contributed by atoms with Crippen LogP contribution in [0.15, 0.2) is 24.3 Å². The third-order valence-corrected chi connectivity index (χ3v) is 3.89. The fourth-order valence-electron chi connectivity index (χ4n) is 2.63. The van der Waals surface area contributed by atoms with Gasteiger partial charge in [-0.05, 0) is 37.3 Å². The Labute approximate surface area is 120 Å². The van der Waals surface area contributed by atoms with Crippen LogP contribution in [-0.2, 0) is 4.79 Å². The van der Waals surface area contributed by atoms with Crippen molar-refractivity contribution in [1.82, 2.24) is 4.90 Å². The smallest absolute Gasteiger partial charge is 0.265 e. The lowest BCUT2D eigenvalue weighted by atomic mass is 10.2. The SMILES string of the molecule is CCCN(CC1CC1)C(=O)C1CNc2ccccc2O1. The highest BCUT2D eigenvalue weighted by molar-refractivity contribution is 5.83. The molecule has 3 rings (SSSR count). The molecule has 1 unspecified atom stereocenters. The molecule has 1 heterocycles. The number of amides is 1. The molecule has 1 aromatic carbocycles. The second-order valence-electron chi connectivity index (χ2n) is 5.71. The summed E-state index contributed by atoms with van der Waals surface area (Å²) >= 11 is 0. The molecule has 1 atom stereocenters. The largest absolute Gasteiger partial charge is 0.477 e. The Bertz CT molecular complexity index is 485. The highest BCUT2D eigenvalue weighted by Crippen LogP contribution is 2.31. The maximum Gasteiger partial charge on any atom is 0.265 e. The number of ether oxygens (including phenoxy) is 1. The summed E-state index contributed by atoms with van der Waals surface area (Å²) in [5.41, 5.74) is 0.973. The molecule has 1 saturated carbocycles. The van der Waals surface area contributed by atoms with Crippen molar-refractivity contribution in [2.45, 2.75) is 32.3 Å². The summed E-state index contributed by atoms with van der Waals surface area (Å²) in [6.07, 6.45) is 3.13. The number of hydrogen-bond acceptors (Lipinski definition) is 3. The molecule has 1 aromatic rings. The van der Waals surface area contributed by atoms with Crippen LogP contribution in [0.25, 0.3) is 0 Å². The molecule has 4 nitrogen and oxygen atoms in total. The minimum Gasteiger partial charge on any atom is -0.477 e. The van der Waals surface area contributed by atoms with E-state index in [9.17, 15) is 4.79 Å². The Morgan fingerprint density at radius 3 is 2.95 bits per heavy atom. The van der Waals surface area contributed by atoms with Crippen LogP contribution in [0.3, 0.4) is 0 Å². The van der Waals surface area contributed by atoms with E-state index in [1.807, 2.05) is 29.2 Å². The van der Waals surface area contributed by atoms with Crippen molar-refractivity contribution < 1.29 is 9.53 Å². The number of carbonyl (C=O) groups excluding carboxylic acids is 1. The molecule has 0 aromatic heterocycles. The van der Waals surface area contributed by atoms with Gasteiger partial charge in [0, 0.05) is 13.1 Å². The molecule has 1 aliphatic heterocycles. The number of nitrogens with zero attached hydrogens (tertiary/aromatic N) is 1. The second-order valence-corrected chi connectivity index (χ2v) is 5.71. The first-order chi connectivity index (χ1) is 9.78. The monoisotopic (exact) mass is 274 g/mol. The number of rotatable bonds is 5. The normalized spacial score (nSPS) is 20.6. The standard InChI is InChI=1S/C16H22N2O2/c1-2-9-18(11-12-7-8-12)16(19)15-10-17-13-5-3-4-6-14(13)20-15/h3-6,12,15,17H,2,7-11H2,1H3. The fraction of sp³-hybridized carbons (Fsp3) is 0.562. The molecule has 0 saturated heterocycles. The van der Waals surface area contributed by atoms with Gasteiger partial charge in [-0.3, -0.25) is 4.79 Å². The Morgan fingerprint density at radius 1 is 1.40 bits per heavy atom. The van der Waals surface area contributed by atoms with Gasteiger partial charge in [-0.25, -0.2) is 0 Å². The first kappa shape index (κ1) is 13.3. The molecular weight excluding hydrogens is 252 g/mol. The number of fused-ring (bicyclic) bond motifs is 1. The summed E-state index contributed by atoms with van der Waals surface area (Å²) in [5.74, 6) is 1.62. The van der Waals surface area contributed by atoms with Crippen molar-refractivity contribution in [3.63, 3.8) is 0 Å². The molecular formula is C16H22N2O2. The zero-order chi connectivity index (χ0) is 13.9. The maximum atomic E-state index is 12.6. The summed E-state index contributed by atoms with van der Waals surface area (Å²) in [5, 5.41) is 3.29. The van der Waals surface area contributed by atoms with Crippen molar-refractivity contribution in [2.75, 3.05) is 25.0 Å². The van der Waals surface area contributed by atoms with Gasteiger partial charge < -0.3 is 15.0 Å². The van der Waals surface area contributed by atoms with E-state index in [2.05, 4.69) is 12.2 Å². The van der Waals surface area contributed by atoms with E-state index in [4.69, 9.17) is 4.74 Å². The minimum atomic E-state index is -0.393. The Balaban J connectivity index is 1.67. The lowest BCUT2D eigenvalue weighted by Gasteiger charge is -2.31. The number of nitrogens with one attached hydrogen (secondary N) is 1. The second kappa shape index (κ2) is 5.73. The topological polar surface area (TPSA) is 41.6 Å². The van der Waals surface area contributed by atoms with Gasteiger partial charge in [-0.1, -0.05) is 19.1 Å². The van der Waals surface area contributed by atoms with Crippen LogP contribution in [-0.4, -0.2) is 36.5 Å². The van der Waals surface area contributed by atoms with Crippen LogP contribution in [0.1, 0.15) is 26.2 Å². The highest BCUT2D eigenvalue weighted by Gasteiger charge is 2.32. The first-order valence-electron chi connectivity index (χ1n) is 7.56. The molecule has 108 valence electrons. The van der Waals surface area contributed by atoms with E-state index in [1.54, 1.807) is 0 Å². The number of anilines is 1. The average Bonchev–Trinajstić information content (AvgIpc) is 3.29. The molecule has 2 aliphatic rings. The Morgan fingerprint density at radius 2 is 2.20 bits per heavy atom. The first-order valence-corrected chi connectivity index (χ1v) is 7.56. The molecule has 0 spiro atoms. The van der Waals surface area contributed by atoms with Gasteiger partial charge in [-0.15, -0.1) is 0 Å². The van der Waals surface area contributed by atoms with E-state index in [0.29, 0.717) is 12.5 Å². The van der Waals surface area contributed by atoms with E-state index in [0.717, 1.165) is 30.9 Å². The van der Waals surface area contributed by atoms with Crippen LogP contribution in [0, 0.1) is 5.92 Å². The van der Waals surface area contributed by atoms with Crippen LogP contribution in [0.2, 0.25) is 0 Å².